The van der Waals surface area contributed by atoms with Gasteiger partial charge in [-0.1, -0.05) is 13.0 Å². The summed E-state index contributed by atoms with van der Waals surface area (Å²) in [7, 11) is 1.45. The zero-order chi connectivity index (χ0) is 33.9. The van der Waals surface area contributed by atoms with Gasteiger partial charge < -0.3 is 25.2 Å². The summed E-state index contributed by atoms with van der Waals surface area (Å²) in [6.07, 6.45) is 1.72. The fourth-order valence-electron chi connectivity index (χ4n) is 5.24. The molecule has 1 saturated heterocycles. The van der Waals surface area contributed by atoms with Crippen LogP contribution in [0.1, 0.15) is 46.1 Å². The van der Waals surface area contributed by atoms with Crippen molar-refractivity contribution in [3.8, 4) is 11.5 Å². The SMILES string of the molecule is CCC(C)NC(=O)CCc1ccc(N(C(=O)O)c2ccnc(Nc3ccc(OCCN4CCN(C(C)C)CC4)c(F)c3)n2)c(OC)c1. The number of nitrogens with zero attached hydrogens (tertiary/aromatic N) is 5. The van der Waals surface area contributed by atoms with Gasteiger partial charge in [-0.2, -0.15) is 4.98 Å². The first kappa shape index (κ1) is 35.4. The number of hydrogen-bond donors (Lipinski definition) is 3. The van der Waals surface area contributed by atoms with Gasteiger partial charge in [0.15, 0.2) is 11.6 Å². The summed E-state index contributed by atoms with van der Waals surface area (Å²) >= 11 is 0. The maximum atomic E-state index is 14.9. The zero-order valence-electron chi connectivity index (χ0n) is 27.8. The molecule has 12 nitrogen and oxygen atoms in total. The highest BCUT2D eigenvalue weighted by Gasteiger charge is 2.24. The van der Waals surface area contributed by atoms with Gasteiger partial charge in [-0.25, -0.2) is 19.1 Å². The third-order valence-corrected chi connectivity index (χ3v) is 8.20. The van der Waals surface area contributed by atoms with Crippen molar-refractivity contribution in [1.82, 2.24) is 25.1 Å². The number of hydrogen-bond acceptors (Lipinski definition) is 9. The van der Waals surface area contributed by atoms with Gasteiger partial charge in [-0.05, 0) is 63.4 Å². The Kier molecular flexibility index (Phi) is 12.7. The van der Waals surface area contributed by atoms with E-state index in [1.54, 1.807) is 30.3 Å². The van der Waals surface area contributed by atoms with Crippen LogP contribution in [0.4, 0.5) is 32.3 Å². The molecule has 0 bridgehead atoms. The average molecular weight is 652 g/mol. The summed E-state index contributed by atoms with van der Waals surface area (Å²) in [5.41, 5.74) is 1.43. The molecule has 0 saturated carbocycles. The van der Waals surface area contributed by atoms with E-state index in [0.29, 0.717) is 36.9 Å². The molecule has 4 rings (SSSR count). The lowest BCUT2D eigenvalue weighted by Crippen LogP contribution is -2.49. The number of amides is 2. The van der Waals surface area contributed by atoms with E-state index in [1.807, 2.05) is 13.8 Å². The minimum atomic E-state index is -1.29. The third-order valence-electron chi connectivity index (χ3n) is 8.20. The van der Waals surface area contributed by atoms with Gasteiger partial charge in [0.25, 0.3) is 0 Å². The number of nitrogens with one attached hydrogen (secondary N) is 2. The molecule has 1 aliphatic rings. The molecule has 1 fully saturated rings. The Morgan fingerprint density at radius 2 is 1.83 bits per heavy atom. The fourth-order valence-corrected chi connectivity index (χ4v) is 5.24. The average Bonchev–Trinajstić information content (AvgIpc) is 3.05. The number of carboxylic acid groups (broad SMARTS) is 1. The summed E-state index contributed by atoms with van der Waals surface area (Å²) < 4.78 is 26.2. The minimum Gasteiger partial charge on any atom is -0.495 e. The van der Waals surface area contributed by atoms with Gasteiger partial charge in [-0.3, -0.25) is 14.6 Å². The first-order valence-corrected chi connectivity index (χ1v) is 16.1. The molecule has 3 N–H and O–H groups in total. The Balaban J connectivity index is 1.39. The van der Waals surface area contributed by atoms with Crippen LogP contribution in [-0.2, 0) is 11.2 Å². The molecule has 1 unspecified atom stereocenters. The van der Waals surface area contributed by atoms with E-state index >= 15 is 0 Å². The van der Waals surface area contributed by atoms with Crippen molar-refractivity contribution in [2.24, 2.45) is 0 Å². The molecular formula is C34H46FN7O5. The largest absolute Gasteiger partial charge is 0.495 e. The summed E-state index contributed by atoms with van der Waals surface area (Å²) in [6.45, 7) is 13.4. The van der Waals surface area contributed by atoms with Crippen LogP contribution in [0.25, 0.3) is 0 Å². The second-order valence-corrected chi connectivity index (χ2v) is 11.8. The number of piperazine rings is 1. The van der Waals surface area contributed by atoms with Crippen molar-refractivity contribution < 1.29 is 28.6 Å². The smallest absolute Gasteiger partial charge is 0.417 e. The maximum Gasteiger partial charge on any atom is 0.417 e. The Morgan fingerprint density at radius 3 is 2.49 bits per heavy atom. The highest BCUT2D eigenvalue weighted by atomic mass is 19.1. The minimum absolute atomic E-state index is 0.0519. The van der Waals surface area contributed by atoms with E-state index in [0.717, 1.165) is 49.6 Å². The Morgan fingerprint density at radius 1 is 1.06 bits per heavy atom. The molecule has 0 aliphatic carbocycles. The molecule has 13 heteroatoms. The van der Waals surface area contributed by atoms with Crippen LogP contribution < -0.4 is 25.0 Å². The van der Waals surface area contributed by atoms with Gasteiger partial charge in [0.2, 0.25) is 11.9 Å². The van der Waals surface area contributed by atoms with Gasteiger partial charge >= 0.3 is 6.09 Å². The third kappa shape index (κ3) is 10.00. The normalized spacial score (nSPS) is 14.4. The topological polar surface area (TPSA) is 132 Å². The van der Waals surface area contributed by atoms with Crippen LogP contribution in [0, 0.1) is 5.82 Å². The number of anilines is 4. The van der Waals surface area contributed by atoms with Crippen LogP contribution in [0.15, 0.2) is 48.7 Å². The molecule has 254 valence electrons. The van der Waals surface area contributed by atoms with E-state index < -0.39 is 11.9 Å². The van der Waals surface area contributed by atoms with Gasteiger partial charge in [0.1, 0.15) is 18.2 Å². The van der Waals surface area contributed by atoms with Crippen LogP contribution in [0.2, 0.25) is 0 Å². The summed E-state index contributed by atoms with van der Waals surface area (Å²) in [5, 5.41) is 16.0. The molecule has 0 spiro atoms. The summed E-state index contributed by atoms with van der Waals surface area (Å²) in [5.74, 6) is -0.00596. The molecular weight excluding hydrogens is 605 g/mol. The number of aromatic nitrogens is 2. The van der Waals surface area contributed by atoms with Crippen LogP contribution >= 0.6 is 0 Å². The molecule has 1 atom stereocenters. The second-order valence-electron chi connectivity index (χ2n) is 11.8. The molecule has 47 heavy (non-hydrogen) atoms. The zero-order valence-corrected chi connectivity index (χ0v) is 27.8. The highest BCUT2D eigenvalue weighted by Crippen LogP contribution is 2.35. The molecule has 0 radical (unpaired) electrons. The molecule has 2 aromatic carbocycles. The van der Waals surface area contributed by atoms with Crippen molar-refractivity contribution in [1.29, 1.82) is 0 Å². The van der Waals surface area contributed by atoms with E-state index in [2.05, 4.69) is 44.2 Å². The number of benzene rings is 2. The fraction of sp³-hybridized carbons (Fsp3) is 0.471. The predicted molar refractivity (Wildman–Crippen MR) is 180 cm³/mol. The maximum absolute atomic E-state index is 14.9. The number of methoxy groups -OCH3 is 1. The van der Waals surface area contributed by atoms with Crippen LogP contribution in [-0.4, -0.2) is 95.4 Å². The van der Waals surface area contributed by atoms with Gasteiger partial charge in [-0.15, -0.1) is 0 Å². The lowest BCUT2D eigenvalue weighted by molar-refractivity contribution is -0.121. The Hall–Kier alpha value is -4.49. The number of ether oxygens (including phenoxy) is 2. The van der Waals surface area contributed by atoms with Crippen molar-refractivity contribution in [3.63, 3.8) is 0 Å². The van der Waals surface area contributed by atoms with Crippen LogP contribution in [0.5, 0.6) is 11.5 Å². The van der Waals surface area contributed by atoms with E-state index in [4.69, 9.17) is 9.47 Å². The molecule has 1 aliphatic heterocycles. The van der Waals surface area contributed by atoms with E-state index in [1.165, 1.54) is 25.4 Å². The van der Waals surface area contributed by atoms with Gasteiger partial charge in [0, 0.05) is 75.2 Å². The summed E-state index contributed by atoms with van der Waals surface area (Å²) in [4.78, 5) is 39.0. The molecule has 1 aromatic heterocycles. The number of aryl methyl sites for hydroxylation is 1. The quantitative estimate of drug-likeness (QED) is 0.195. The number of carbonyl (C=O) groups excluding carboxylic acids is 1. The number of carbonyl (C=O) groups is 2. The monoisotopic (exact) mass is 651 g/mol. The lowest BCUT2D eigenvalue weighted by atomic mass is 10.1. The first-order chi connectivity index (χ1) is 22.6. The highest BCUT2D eigenvalue weighted by molar-refractivity contribution is 5.95. The standard InChI is InChI=1S/C34H46FN7O5/c1-6-24(4)37-32(43)12-8-25-7-10-28(30(21-25)46-5)42(34(44)45)31-13-14-36-33(39-31)38-26-9-11-29(27(35)22-26)47-20-19-40-15-17-41(18-16-40)23(2)3/h7,9-11,13-14,21-24H,6,8,12,15-20H2,1-5H3,(H,37,43)(H,44,45)(H,36,38,39). The number of halogens is 1. The Bertz CT molecular complexity index is 1500. The van der Waals surface area contributed by atoms with Crippen molar-refractivity contribution in [2.45, 2.75) is 59.0 Å². The molecule has 2 heterocycles. The summed E-state index contributed by atoms with van der Waals surface area (Å²) in [6, 6.07) is 11.6. The van der Waals surface area contributed by atoms with Crippen molar-refractivity contribution in [2.75, 3.05) is 56.7 Å². The van der Waals surface area contributed by atoms with Crippen LogP contribution in [0.3, 0.4) is 0 Å². The van der Waals surface area contributed by atoms with Gasteiger partial charge in [0.05, 0.1) is 12.8 Å². The second kappa shape index (κ2) is 16.9. The lowest BCUT2D eigenvalue weighted by Gasteiger charge is -2.36. The van der Waals surface area contributed by atoms with Crippen molar-refractivity contribution in [3.05, 3.63) is 60.0 Å². The van der Waals surface area contributed by atoms with E-state index in [-0.39, 0.29) is 35.2 Å². The number of rotatable bonds is 15. The first-order valence-electron chi connectivity index (χ1n) is 16.1. The molecule has 2 amide bonds. The van der Waals surface area contributed by atoms with E-state index in [9.17, 15) is 19.1 Å². The predicted octanol–water partition coefficient (Wildman–Crippen LogP) is 5.44. The van der Waals surface area contributed by atoms with Crippen molar-refractivity contribution >= 4 is 35.1 Å². The Labute approximate surface area is 275 Å². The molecule has 3 aromatic rings.